The van der Waals surface area contributed by atoms with Crippen LogP contribution >= 0.6 is 11.6 Å². The molecule has 0 aliphatic carbocycles. The van der Waals surface area contributed by atoms with E-state index >= 15 is 0 Å². The van der Waals surface area contributed by atoms with Crippen LogP contribution in [0.25, 0.3) is 11.1 Å². The highest BCUT2D eigenvalue weighted by Crippen LogP contribution is 2.27. The predicted molar refractivity (Wildman–Crippen MR) is 120 cm³/mol. The maximum Gasteiger partial charge on any atom is 0.573 e. The smallest absolute Gasteiger partial charge is 0.406 e. The molecule has 3 aromatic rings. The summed E-state index contributed by atoms with van der Waals surface area (Å²) in [5, 5.41) is 5.64. The zero-order valence-corrected chi connectivity index (χ0v) is 18.4. The van der Waals surface area contributed by atoms with Crippen LogP contribution in [0.4, 0.5) is 17.6 Å². The van der Waals surface area contributed by atoms with Crippen molar-refractivity contribution in [3.05, 3.63) is 88.7 Å². The topological polar surface area (TPSA) is 54.3 Å². The van der Waals surface area contributed by atoms with Gasteiger partial charge in [0.2, 0.25) is 5.91 Å². The SMILES string of the molecule is CC(=O)N1N=C(c2ccc(-c3ccc(OC(F)(F)F)cc3)cc2)CN=C1c1ccc(F)cc1Cl. The third-order valence-corrected chi connectivity index (χ3v) is 5.22. The number of carbonyl (C=O) groups excluding carboxylic acids is 1. The summed E-state index contributed by atoms with van der Waals surface area (Å²) in [6.45, 7) is 1.49. The number of hydrogen-bond donors (Lipinski definition) is 0. The summed E-state index contributed by atoms with van der Waals surface area (Å²) in [4.78, 5) is 16.7. The molecule has 1 heterocycles. The van der Waals surface area contributed by atoms with Gasteiger partial charge >= 0.3 is 6.36 Å². The molecule has 0 N–H and O–H groups in total. The quantitative estimate of drug-likeness (QED) is 0.418. The van der Waals surface area contributed by atoms with Gasteiger partial charge in [-0.2, -0.15) is 10.1 Å². The fraction of sp³-hybridized carbons (Fsp3) is 0.125. The van der Waals surface area contributed by atoms with Gasteiger partial charge in [0.25, 0.3) is 0 Å². The molecule has 5 nitrogen and oxygen atoms in total. The summed E-state index contributed by atoms with van der Waals surface area (Å²) in [6, 6.07) is 16.4. The Kier molecular flexibility index (Phi) is 6.39. The van der Waals surface area contributed by atoms with Gasteiger partial charge in [-0.1, -0.05) is 48.0 Å². The number of amides is 1. The number of nitrogens with zero attached hydrogens (tertiary/aromatic N) is 3. The van der Waals surface area contributed by atoms with E-state index < -0.39 is 18.1 Å². The van der Waals surface area contributed by atoms with E-state index in [4.69, 9.17) is 11.6 Å². The molecule has 0 unspecified atom stereocenters. The van der Waals surface area contributed by atoms with E-state index in [0.29, 0.717) is 22.4 Å². The number of rotatable bonds is 4. The molecule has 0 atom stereocenters. The Morgan fingerprint density at radius 3 is 2.12 bits per heavy atom. The lowest BCUT2D eigenvalue weighted by Crippen LogP contribution is -2.36. The Balaban J connectivity index is 1.55. The minimum Gasteiger partial charge on any atom is -0.406 e. The Bertz CT molecular complexity index is 1290. The van der Waals surface area contributed by atoms with Gasteiger partial charge in [0, 0.05) is 12.5 Å². The lowest BCUT2D eigenvalue weighted by molar-refractivity contribution is -0.274. The summed E-state index contributed by atoms with van der Waals surface area (Å²) < 4.78 is 54.3. The fourth-order valence-electron chi connectivity index (χ4n) is 3.36. The molecule has 3 aromatic carbocycles. The number of ether oxygens (including phenoxy) is 1. The number of amidine groups is 1. The Hall–Kier alpha value is -3.72. The van der Waals surface area contributed by atoms with Crippen LogP contribution in [0, 0.1) is 5.82 Å². The maximum absolute atomic E-state index is 13.4. The van der Waals surface area contributed by atoms with E-state index in [-0.39, 0.29) is 23.2 Å². The van der Waals surface area contributed by atoms with Crippen LogP contribution in [0.3, 0.4) is 0 Å². The predicted octanol–water partition coefficient (Wildman–Crippen LogP) is 6.06. The van der Waals surface area contributed by atoms with Crippen molar-refractivity contribution in [1.29, 1.82) is 0 Å². The highest BCUT2D eigenvalue weighted by molar-refractivity contribution is 6.34. The van der Waals surface area contributed by atoms with Crippen molar-refractivity contribution >= 4 is 29.1 Å². The van der Waals surface area contributed by atoms with Gasteiger partial charge in [-0.25, -0.2) is 4.39 Å². The summed E-state index contributed by atoms with van der Waals surface area (Å²) >= 11 is 6.13. The number of carbonyl (C=O) groups is 1. The second kappa shape index (κ2) is 9.26. The molecule has 10 heteroatoms. The number of hydrazone groups is 1. The van der Waals surface area contributed by atoms with Gasteiger partial charge in [-0.05, 0) is 47.0 Å². The first-order chi connectivity index (χ1) is 16.1. The van der Waals surface area contributed by atoms with Crippen molar-refractivity contribution in [3.63, 3.8) is 0 Å². The molecule has 0 saturated carbocycles. The second-order valence-corrected chi connectivity index (χ2v) is 7.70. The van der Waals surface area contributed by atoms with Gasteiger partial charge in [-0.15, -0.1) is 13.2 Å². The molecular formula is C24H16ClF4N3O2. The van der Waals surface area contributed by atoms with Crippen LogP contribution < -0.4 is 4.74 Å². The number of aliphatic imine (C=N–C) groups is 1. The van der Waals surface area contributed by atoms with E-state index in [1.165, 1.54) is 43.3 Å². The minimum absolute atomic E-state index is 0.111. The number of alkyl halides is 3. The van der Waals surface area contributed by atoms with Crippen LogP contribution in [0.1, 0.15) is 18.1 Å². The normalized spacial score (nSPS) is 13.9. The molecule has 0 aromatic heterocycles. The lowest BCUT2D eigenvalue weighted by Gasteiger charge is -2.24. The van der Waals surface area contributed by atoms with Gasteiger partial charge < -0.3 is 4.74 Å². The first-order valence-corrected chi connectivity index (χ1v) is 10.3. The second-order valence-electron chi connectivity index (χ2n) is 7.29. The average Bonchev–Trinajstić information content (AvgIpc) is 2.78. The Morgan fingerprint density at radius 1 is 0.971 bits per heavy atom. The molecule has 1 amide bonds. The number of halogens is 5. The molecule has 0 fully saturated rings. The summed E-state index contributed by atoms with van der Waals surface area (Å²) in [6.07, 6.45) is -4.75. The number of hydrogen-bond acceptors (Lipinski definition) is 4. The molecular weight excluding hydrogens is 474 g/mol. The van der Waals surface area contributed by atoms with E-state index in [1.54, 1.807) is 24.3 Å². The van der Waals surface area contributed by atoms with Crippen molar-refractivity contribution in [2.45, 2.75) is 13.3 Å². The summed E-state index contributed by atoms with van der Waals surface area (Å²) in [7, 11) is 0. The van der Waals surface area contributed by atoms with E-state index in [0.717, 1.165) is 16.6 Å². The van der Waals surface area contributed by atoms with Gasteiger partial charge in [0.05, 0.1) is 17.3 Å². The molecule has 4 rings (SSSR count). The van der Waals surface area contributed by atoms with Crippen molar-refractivity contribution in [1.82, 2.24) is 5.01 Å². The molecule has 0 spiro atoms. The molecule has 174 valence electrons. The van der Waals surface area contributed by atoms with E-state index in [2.05, 4.69) is 14.8 Å². The van der Waals surface area contributed by atoms with E-state index in [1.807, 2.05) is 0 Å². The molecule has 1 aliphatic heterocycles. The van der Waals surface area contributed by atoms with Gasteiger partial charge in [0.1, 0.15) is 11.6 Å². The minimum atomic E-state index is -4.75. The zero-order valence-electron chi connectivity index (χ0n) is 17.6. The van der Waals surface area contributed by atoms with E-state index in [9.17, 15) is 22.4 Å². The number of benzene rings is 3. The van der Waals surface area contributed by atoms with Crippen molar-refractivity contribution in [2.24, 2.45) is 10.1 Å². The third-order valence-electron chi connectivity index (χ3n) is 4.91. The molecule has 0 saturated heterocycles. The van der Waals surface area contributed by atoms with Crippen molar-refractivity contribution < 1.29 is 27.1 Å². The molecule has 0 bridgehead atoms. The van der Waals surface area contributed by atoms with Gasteiger partial charge in [0.15, 0.2) is 5.84 Å². The summed E-state index contributed by atoms with van der Waals surface area (Å²) in [5.41, 5.74) is 3.08. The first-order valence-electron chi connectivity index (χ1n) is 9.95. The Labute approximate surface area is 196 Å². The Morgan fingerprint density at radius 2 is 1.56 bits per heavy atom. The fourth-order valence-corrected chi connectivity index (χ4v) is 3.61. The van der Waals surface area contributed by atoms with Crippen molar-refractivity contribution in [3.8, 4) is 16.9 Å². The largest absolute Gasteiger partial charge is 0.573 e. The molecule has 34 heavy (non-hydrogen) atoms. The monoisotopic (exact) mass is 489 g/mol. The standard InChI is InChI=1S/C24H16ClF4N3O2/c1-14(33)32-23(20-11-8-18(26)12-21(20)25)30-13-22(31-32)17-4-2-15(3-5-17)16-6-9-19(10-7-16)34-24(27,28)29/h2-12H,13H2,1H3. The van der Waals surface area contributed by atoms with Crippen molar-refractivity contribution in [2.75, 3.05) is 6.54 Å². The lowest BCUT2D eigenvalue weighted by atomic mass is 10.0. The zero-order chi connectivity index (χ0) is 24.5. The van der Waals surface area contributed by atoms with Crippen LogP contribution in [-0.4, -0.2) is 35.4 Å². The maximum atomic E-state index is 13.4. The first kappa shape index (κ1) is 23.4. The molecule has 1 aliphatic rings. The third kappa shape index (κ3) is 5.26. The highest BCUT2D eigenvalue weighted by atomic mass is 35.5. The van der Waals surface area contributed by atoms with Crippen LogP contribution in [0.15, 0.2) is 76.8 Å². The molecule has 0 radical (unpaired) electrons. The summed E-state index contributed by atoms with van der Waals surface area (Å²) in [5.74, 6) is -0.983. The van der Waals surface area contributed by atoms with Crippen LogP contribution in [0.2, 0.25) is 5.02 Å². The van der Waals surface area contributed by atoms with Crippen LogP contribution in [0.5, 0.6) is 5.75 Å². The van der Waals surface area contributed by atoms with Gasteiger partial charge in [-0.3, -0.25) is 9.79 Å². The van der Waals surface area contributed by atoms with Crippen LogP contribution in [-0.2, 0) is 4.79 Å². The average molecular weight is 490 g/mol. The highest BCUT2D eigenvalue weighted by Gasteiger charge is 2.31.